The summed E-state index contributed by atoms with van der Waals surface area (Å²) in [6, 6.07) is 7.26. The Balaban J connectivity index is 1.70. The molecule has 0 spiro atoms. The van der Waals surface area contributed by atoms with Gasteiger partial charge in [0.1, 0.15) is 5.69 Å². The van der Waals surface area contributed by atoms with Crippen LogP contribution in [0.5, 0.6) is 0 Å². The van der Waals surface area contributed by atoms with E-state index in [1.54, 1.807) is 18.3 Å². The van der Waals surface area contributed by atoms with Gasteiger partial charge >= 0.3 is 0 Å². The van der Waals surface area contributed by atoms with Gasteiger partial charge in [0.05, 0.1) is 16.6 Å². The van der Waals surface area contributed by atoms with E-state index in [1.165, 1.54) is 0 Å². The molecule has 1 saturated heterocycles. The Morgan fingerprint density at radius 3 is 2.55 bits per heavy atom. The summed E-state index contributed by atoms with van der Waals surface area (Å²) in [5.74, 6) is -0.0433. The number of aromatic nitrogens is 1. The summed E-state index contributed by atoms with van der Waals surface area (Å²) in [7, 11) is 0. The van der Waals surface area contributed by atoms with Crippen LogP contribution in [0.15, 0.2) is 30.5 Å². The van der Waals surface area contributed by atoms with Gasteiger partial charge in [-0.2, -0.15) is 0 Å². The third-order valence-corrected chi connectivity index (χ3v) is 6.20. The maximum atomic E-state index is 12.9. The number of aromatic amines is 1. The number of hydrogen-bond acceptors (Lipinski definition) is 3. The van der Waals surface area contributed by atoms with Crippen molar-refractivity contribution < 1.29 is 9.59 Å². The minimum absolute atomic E-state index is 0.0120. The van der Waals surface area contributed by atoms with E-state index in [9.17, 15) is 9.59 Å². The Morgan fingerprint density at radius 1 is 1.17 bits per heavy atom. The molecule has 7 heteroatoms. The van der Waals surface area contributed by atoms with Crippen LogP contribution < -0.4 is 0 Å². The molecule has 2 aromatic rings. The van der Waals surface area contributed by atoms with E-state index in [1.807, 2.05) is 17.0 Å². The lowest BCUT2D eigenvalue weighted by Crippen LogP contribution is -2.33. The van der Waals surface area contributed by atoms with Crippen molar-refractivity contribution in [1.82, 2.24) is 14.8 Å². The van der Waals surface area contributed by atoms with Gasteiger partial charge in [0.25, 0.3) is 5.91 Å². The zero-order valence-corrected chi connectivity index (χ0v) is 18.4. The number of rotatable bonds is 8. The van der Waals surface area contributed by atoms with E-state index < -0.39 is 0 Å². The number of H-pyrrole nitrogens is 1. The minimum Gasteiger partial charge on any atom is -0.356 e. The highest BCUT2D eigenvalue weighted by molar-refractivity contribution is 6.42. The van der Waals surface area contributed by atoms with Crippen molar-refractivity contribution in [2.75, 3.05) is 26.2 Å². The molecule has 1 aliphatic rings. The van der Waals surface area contributed by atoms with E-state index >= 15 is 0 Å². The topological polar surface area (TPSA) is 56.4 Å². The van der Waals surface area contributed by atoms with Crippen LogP contribution in [0.4, 0.5) is 0 Å². The molecule has 29 heavy (non-hydrogen) atoms. The SMILES string of the molecule is CCCN(CC(=O)c1c[nH]c(C(=O)N2CCCC2)c1)C(C)c1ccc(Cl)c(Cl)c1. The number of amides is 1. The number of ketones is 1. The first kappa shape index (κ1) is 21.9. The van der Waals surface area contributed by atoms with Crippen LogP contribution >= 0.6 is 23.2 Å². The monoisotopic (exact) mass is 435 g/mol. The highest BCUT2D eigenvalue weighted by Crippen LogP contribution is 2.28. The van der Waals surface area contributed by atoms with Gasteiger partial charge in [0, 0.05) is 30.9 Å². The number of nitrogens with zero attached hydrogens (tertiary/aromatic N) is 2. The summed E-state index contributed by atoms with van der Waals surface area (Å²) in [5, 5.41) is 1.03. The zero-order chi connectivity index (χ0) is 21.0. The molecule has 1 aliphatic heterocycles. The molecule has 0 aliphatic carbocycles. The summed E-state index contributed by atoms with van der Waals surface area (Å²) in [6.07, 6.45) is 4.64. The molecule has 3 rings (SSSR count). The maximum Gasteiger partial charge on any atom is 0.270 e. The van der Waals surface area contributed by atoms with Crippen molar-refractivity contribution in [3.8, 4) is 0 Å². The molecule has 1 amide bonds. The van der Waals surface area contributed by atoms with Crippen molar-refractivity contribution in [2.45, 2.75) is 39.2 Å². The van der Waals surface area contributed by atoms with Crippen LogP contribution in [0.1, 0.15) is 65.6 Å². The van der Waals surface area contributed by atoms with Crippen LogP contribution in [-0.2, 0) is 0 Å². The maximum absolute atomic E-state index is 12.9. The van der Waals surface area contributed by atoms with Gasteiger partial charge in [-0.15, -0.1) is 0 Å². The lowest BCUT2D eigenvalue weighted by molar-refractivity contribution is 0.0787. The van der Waals surface area contributed by atoms with Crippen molar-refractivity contribution in [1.29, 1.82) is 0 Å². The third-order valence-electron chi connectivity index (χ3n) is 5.46. The molecular weight excluding hydrogens is 409 g/mol. The summed E-state index contributed by atoms with van der Waals surface area (Å²) in [6.45, 7) is 6.75. The highest BCUT2D eigenvalue weighted by Gasteiger charge is 2.24. The fourth-order valence-electron chi connectivity index (χ4n) is 3.73. The number of halogens is 2. The normalized spacial score (nSPS) is 15.1. The molecule has 1 unspecified atom stereocenters. The van der Waals surface area contributed by atoms with Gasteiger partial charge in [0.15, 0.2) is 5.78 Å². The van der Waals surface area contributed by atoms with Gasteiger partial charge in [0.2, 0.25) is 0 Å². The quantitative estimate of drug-likeness (QED) is 0.578. The Hall–Kier alpha value is -1.82. The van der Waals surface area contributed by atoms with Gasteiger partial charge in [-0.3, -0.25) is 14.5 Å². The molecule has 1 fully saturated rings. The lowest BCUT2D eigenvalue weighted by Gasteiger charge is -2.28. The number of likely N-dealkylation sites (tertiary alicyclic amines) is 1. The zero-order valence-electron chi connectivity index (χ0n) is 16.9. The molecule has 1 aromatic carbocycles. The Kier molecular flexibility index (Phi) is 7.38. The smallest absolute Gasteiger partial charge is 0.270 e. The first-order valence-electron chi connectivity index (χ1n) is 10.1. The molecule has 1 aromatic heterocycles. The fourth-order valence-corrected chi connectivity index (χ4v) is 4.03. The van der Waals surface area contributed by atoms with E-state index in [2.05, 4.69) is 23.7 Å². The van der Waals surface area contributed by atoms with Crippen molar-refractivity contribution in [2.24, 2.45) is 0 Å². The molecule has 2 heterocycles. The van der Waals surface area contributed by atoms with Gasteiger partial charge in [-0.05, 0) is 56.5 Å². The summed E-state index contributed by atoms with van der Waals surface area (Å²) >= 11 is 12.2. The van der Waals surface area contributed by atoms with Crippen LogP contribution in [-0.4, -0.2) is 52.7 Å². The van der Waals surface area contributed by atoms with Crippen molar-refractivity contribution in [3.05, 3.63) is 57.3 Å². The average molecular weight is 436 g/mol. The standard InChI is InChI=1S/C22H27Cl2N3O2/c1-3-8-27(15(2)16-6-7-18(23)19(24)11-16)14-21(28)17-12-20(25-13-17)22(29)26-9-4-5-10-26/h6-7,11-13,15,25H,3-5,8-10,14H2,1-2H3. The third kappa shape index (κ3) is 5.21. The van der Waals surface area contributed by atoms with Crippen LogP contribution in [0.25, 0.3) is 0 Å². The predicted octanol–water partition coefficient (Wildman–Crippen LogP) is 5.21. The van der Waals surface area contributed by atoms with Crippen LogP contribution in [0, 0.1) is 0 Å². The second-order valence-corrected chi connectivity index (χ2v) is 8.36. The van der Waals surface area contributed by atoms with E-state index in [4.69, 9.17) is 23.2 Å². The van der Waals surface area contributed by atoms with Crippen LogP contribution in [0.2, 0.25) is 10.0 Å². The number of carbonyl (C=O) groups excluding carboxylic acids is 2. The van der Waals surface area contributed by atoms with E-state index in [-0.39, 0.29) is 24.3 Å². The first-order valence-corrected chi connectivity index (χ1v) is 10.9. The number of benzene rings is 1. The molecule has 0 radical (unpaired) electrons. The Bertz CT molecular complexity index is 875. The second-order valence-electron chi connectivity index (χ2n) is 7.54. The van der Waals surface area contributed by atoms with E-state index in [0.29, 0.717) is 21.3 Å². The average Bonchev–Trinajstić information content (AvgIpc) is 3.41. The number of hydrogen-bond donors (Lipinski definition) is 1. The predicted molar refractivity (Wildman–Crippen MR) is 117 cm³/mol. The molecule has 156 valence electrons. The van der Waals surface area contributed by atoms with Crippen LogP contribution in [0.3, 0.4) is 0 Å². The molecule has 1 N–H and O–H groups in total. The fraction of sp³-hybridized carbons (Fsp3) is 0.455. The Labute approximate surface area is 182 Å². The van der Waals surface area contributed by atoms with Gasteiger partial charge in [-0.25, -0.2) is 0 Å². The number of carbonyl (C=O) groups is 2. The number of nitrogens with one attached hydrogen (secondary N) is 1. The highest BCUT2D eigenvalue weighted by atomic mass is 35.5. The summed E-state index contributed by atoms with van der Waals surface area (Å²) in [4.78, 5) is 32.4. The first-order chi connectivity index (χ1) is 13.9. The lowest BCUT2D eigenvalue weighted by atomic mass is 10.1. The molecule has 5 nitrogen and oxygen atoms in total. The summed E-state index contributed by atoms with van der Waals surface area (Å²) in [5.41, 5.74) is 2.03. The second kappa shape index (κ2) is 9.79. The Morgan fingerprint density at radius 2 is 1.90 bits per heavy atom. The molecular formula is C22H27Cl2N3O2. The van der Waals surface area contributed by atoms with E-state index in [0.717, 1.165) is 44.5 Å². The molecule has 0 saturated carbocycles. The minimum atomic E-state index is -0.0314. The summed E-state index contributed by atoms with van der Waals surface area (Å²) < 4.78 is 0. The van der Waals surface area contributed by atoms with Gasteiger partial charge < -0.3 is 9.88 Å². The molecule has 0 bridgehead atoms. The largest absolute Gasteiger partial charge is 0.356 e. The number of Topliss-reactive ketones (excluding diaryl/α,β-unsaturated/α-hetero) is 1. The van der Waals surface area contributed by atoms with Crippen molar-refractivity contribution >= 4 is 34.9 Å². The van der Waals surface area contributed by atoms with Gasteiger partial charge in [-0.1, -0.05) is 36.2 Å². The van der Waals surface area contributed by atoms with Crippen molar-refractivity contribution in [3.63, 3.8) is 0 Å². The molecule has 1 atom stereocenters.